The minimum absolute atomic E-state index is 0. The molecule has 0 amide bonds. The summed E-state index contributed by atoms with van der Waals surface area (Å²) in [6, 6.07) is 2.05. The predicted octanol–water partition coefficient (Wildman–Crippen LogP) is 3.59. The number of hydrogen-bond acceptors (Lipinski definition) is 4. The Kier molecular flexibility index (Phi) is 13.9. The fourth-order valence-electron chi connectivity index (χ4n) is 2.75. The van der Waals surface area contributed by atoms with Gasteiger partial charge in [-0.15, -0.1) is 24.0 Å². The normalized spacial score (nSPS) is 11.7. The molecule has 146 valence electrons. The second-order valence-corrected chi connectivity index (χ2v) is 5.96. The summed E-state index contributed by atoms with van der Waals surface area (Å²) >= 11 is 0. The largest absolute Gasteiger partial charge is 0.359 e. The number of hydrogen-bond donors (Lipinski definition) is 2. The summed E-state index contributed by atoms with van der Waals surface area (Å²) in [6.07, 6.45) is 3.28. The Morgan fingerprint density at radius 1 is 1.20 bits per heavy atom. The van der Waals surface area contributed by atoms with Crippen LogP contribution in [-0.4, -0.2) is 49.2 Å². The van der Waals surface area contributed by atoms with E-state index >= 15 is 0 Å². The molecule has 1 aromatic heterocycles. The van der Waals surface area contributed by atoms with Crippen LogP contribution in [0.4, 0.5) is 0 Å². The van der Waals surface area contributed by atoms with Crippen molar-refractivity contribution in [3.05, 3.63) is 17.5 Å². The van der Waals surface area contributed by atoms with Gasteiger partial charge in [0.1, 0.15) is 0 Å². The molecule has 0 saturated carbocycles. The van der Waals surface area contributed by atoms with E-state index in [1.165, 1.54) is 0 Å². The van der Waals surface area contributed by atoms with Crippen LogP contribution in [0.5, 0.6) is 0 Å². The molecular formula is C18H36IN5O. The van der Waals surface area contributed by atoms with Crippen LogP contribution < -0.4 is 10.6 Å². The summed E-state index contributed by atoms with van der Waals surface area (Å²) in [4.78, 5) is 6.68. The van der Waals surface area contributed by atoms with Crippen LogP contribution in [0.25, 0.3) is 0 Å². The number of halogens is 1. The van der Waals surface area contributed by atoms with Gasteiger partial charge in [0.2, 0.25) is 0 Å². The van der Waals surface area contributed by atoms with E-state index in [2.05, 4.69) is 59.4 Å². The lowest BCUT2D eigenvalue weighted by atomic mass is 9.99. The second kappa shape index (κ2) is 14.4. The molecule has 0 spiro atoms. The number of guanidine groups is 1. The summed E-state index contributed by atoms with van der Waals surface area (Å²) in [5.41, 5.74) is 1.05. The SMILES string of the molecule is CCC(CC)c1cc(CNC(=NC)NCCCN(CC)CC)on1.I. The molecule has 0 aromatic carbocycles. The van der Waals surface area contributed by atoms with Crippen LogP contribution in [0.15, 0.2) is 15.6 Å². The van der Waals surface area contributed by atoms with E-state index in [9.17, 15) is 0 Å². The number of nitrogens with zero attached hydrogens (tertiary/aromatic N) is 3. The fourth-order valence-corrected chi connectivity index (χ4v) is 2.75. The van der Waals surface area contributed by atoms with Gasteiger partial charge in [0.25, 0.3) is 0 Å². The molecule has 0 bridgehead atoms. The molecule has 0 atom stereocenters. The van der Waals surface area contributed by atoms with E-state index in [4.69, 9.17) is 4.52 Å². The Labute approximate surface area is 170 Å². The van der Waals surface area contributed by atoms with Crippen molar-refractivity contribution in [3.63, 3.8) is 0 Å². The third-order valence-electron chi connectivity index (χ3n) is 4.47. The summed E-state index contributed by atoms with van der Waals surface area (Å²) in [5, 5.41) is 10.8. The summed E-state index contributed by atoms with van der Waals surface area (Å²) in [7, 11) is 1.79. The maximum absolute atomic E-state index is 5.43. The van der Waals surface area contributed by atoms with Gasteiger partial charge in [-0.25, -0.2) is 0 Å². The summed E-state index contributed by atoms with van der Waals surface area (Å²) in [5.74, 6) is 2.14. The quantitative estimate of drug-likeness (QED) is 0.226. The molecule has 0 aliphatic heterocycles. The van der Waals surface area contributed by atoms with Gasteiger partial charge in [-0.1, -0.05) is 32.9 Å². The smallest absolute Gasteiger partial charge is 0.191 e. The predicted molar refractivity (Wildman–Crippen MR) is 116 cm³/mol. The van der Waals surface area contributed by atoms with Gasteiger partial charge in [0.05, 0.1) is 12.2 Å². The highest BCUT2D eigenvalue weighted by molar-refractivity contribution is 14.0. The van der Waals surface area contributed by atoms with E-state index in [0.29, 0.717) is 12.5 Å². The molecule has 7 heteroatoms. The zero-order valence-corrected chi connectivity index (χ0v) is 18.8. The molecule has 1 rings (SSSR count). The van der Waals surface area contributed by atoms with Crippen molar-refractivity contribution in [2.45, 2.75) is 59.4 Å². The fraction of sp³-hybridized carbons (Fsp3) is 0.778. The van der Waals surface area contributed by atoms with Crippen molar-refractivity contribution in [2.75, 3.05) is 33.2 Å². The van der Waals surface area contributed by atoms with E-state index < -0.39 is 0 Å². The molecule has 0 radical (unpaired) electrons. The minimum atomic E-state index is 0. The van der Waals surface area contributed by atoms with Crippen molar-refractivity contribution in [1.82, 2.24) is 20.7 Å². The standard InChI is InChI=1S/C18H35N5O.HI/c1-6-15(7-2)17-13-16(24-22-17)14-21-18(19-5)20-11-10-12-23(8-3)9-4;/h13,15H,6-12,14H2,1-5H3,(H2,19,20,21);1H. The number of aliphatic imine (C=N–C) groups is 1. The summed E-state index contributed by atoms with van der Waals surface area (Å²) < 4.78 is 5.43. The maximum atomic E-state index is 5.43. The molecule has 1 heterocycles. The zero-order valence-electron chi connectivity index (χ0n) is 16.5. The third kappa shape index (κ3) is 8.89. The highest BCUT2D eigenvalue weighted by atomic mass is 127. The topological polar surface area (TPSA) is 65.7 Å². The lowest BCUT2D eigenvalue weighted by Gasteiger charge is -2.18. The van der Waals surface area contributed by atoms with Gasteiger partial charge < -0.3 is 20.1 Å². The lowest BCUT2D eigenvalue weighted by Crippen LogP contribution is -2.38. The molecule has 0 unspecified atom stereocenters. The Morgan fingerprint density at radius 2 is 1.88 bits per heavy atom. The van der Waals surface area contributed by atoms with Crippen molar-refractivity contribution in [2.24, 2.45) is 4.99 Å². The Morgan fingerprint density at radius 3 is 2.44 bits per heavy atom. The Bertz CT molecular complexity index is 470. The highest BCUT2D eigenvalue weighted by Gasteiger charge is 2.13. The van der Waals surface area contributed by atoms with Gasteiger partial charge >= 0.3 is 0 Å². The molecular weight excluding hydrogens is 429 g/mol. The van der Waals surface area contributed by atoms with Crippen LogP contribution in [0.3, 0.4) is 0 Å². The van der Waals surface area contributed by atoms with Gasteiger partial charge in [-0.2, -0.15) is 0 Å². The van der Waals surface area contributed by atoms with Gasteiger partial charge in [0.15, 0.2) is 11.7 Å². The van der Waals surface area contributed by atoms with Crippen LogP contribution >= 0.6 is 24.0 Å². The average Bonchev–Trinajstić information content (AvgIpc) is 3.07. The second-order valence-electron chi connectivity index (χ2n) is 5.96. The first kappa shape index (κ1) is 24.2. The summed E-state index contributed by atoms with van der Waals surface area (Å²) in [6.45, 7) is 13.6. The first-order valence-electron chi connectivity index (χ1n) is 9.30. The van der Waals surface area contributed by atoms with E-state index in [1.807, 2.05) is 0 Å². The molecule has 6 nitrogen and oxygen atoms in total. The number of nitrogens with one attached hydrogen (secondary N) is 2. The van der Waals surface area contributed by atoms with Crippen LogP contribution in [0, 0.1) is 0 Å². The first-order chi connectivity index (χ1) is 11.7. The van der Waals surface area contributed by atoms with Crippen molar-refractivity contribution in [1.29, 1.82) is 0 Å². The molecule has 2 N–H and O–H groups in total. The Hall–Kier alpha value is -0.830. The van der Waals surface area contributed by atoms with E-state index in [-0.39, 0.29) is 24.0 Å². The molecule has 0 aliphatic rings. The number of aromatic nitrogens is 1. The molecule has 0 saturated heterocycles. The number of rotatable bonds is 11. The highest BCUT2D eigenvalue weighted by Crippen LogP contribution is 2.22. The van der Waals surface area contributed by atoms with Crippen LogP contribution in [0.2, 0.25) is 0 Å². The molecule has 0 fully saturated rings. The Balaban J connectivity index is 0.00000576. The maximum Gasteiger partial charge on any atom is 0.191 e. The monoisotopic (exact) mass is 465 g/mol. The minimum Gasteiger partial charge on any atom is -0.359 e. The van der Waals surface area contributed by atoms with Crippen molar-refractivity contribution in [3.8, 4) is 0 Å². The van der Waals surface area contributed by atoms with Gasteiger partial charge in [0, 0.05) is 25.6 Å². The van der Waals surface area contributed by atoms with E-state index in [1.54, 1.807) is 7.05 Å². The van der Waals surface area contributed by atoms with E-state index in [0.717, 1.165) is 62.9 Å². The van der Waals surface area contributed by atoms with Crippen LogP contribution in [0.1, 0.15) is 64.3 Å². The first-order valence-corrected chi connectivity index (χ1v) is 9.30. The van der Waals surface area contributed by atoms with Crippen molar-refractivity contribution < 1.29 is 4.52 Å². The molecule has 1 aromatic rings. The van der Waals surface area contributed by atoms with Gasteiger partial charge in [-0.05, 0) is 38.9 Å². The molecule has 0 aliphatic carbocycles. The average molecular weight is 465 g/mol. The molecule has 25 heavy (non-hydrogen) atoms. The third-order valence-corrected chi connectivity index (χ3v) is 4.47. The van der Waals surface area contributed by atoms with Crippen LogP contribution in [-0.2, 0) is 6.54 Å². The van der Waals surface area contributed by atoms with Gasteiger partial charge in [-0.3, -0.25) is 4.99 Å². The zero-order chi connectivity index (χ0) is 17.8. The lowest BCUT2D eigenvalue weighted by molar-refractivity contribution is 0.300. The van der Waals surface area contributed by atoms with Crippen molar-refractivity contribution >= 4 is 29.9 Å².